The summed E-state index contributed by atoms with van der Waals surface area (Å²) in [6, 6.07) is 10.1. The first-order valence-electron chi connectivity index (χ1n) is 6.51. The highest BCUT2D eigenvalue weighted by Gasteiger charge is 2.21. The summed E-state index contributed by atoms with van der Waals surface area (Å²) < 4.78 is 25.6. The summed E-state index contributed by atoms with van der Waals surface area (Å²) >= 11 is 0. The lowest BCUT2D eigenvalue weighted by atomic mass is 10.2. The summed E-state index contributed by atoms with van der Waals surface area (Å²) in [6.07, 6.45) is 2.25. The van der Waals surface area contributed by atoms with Crippen molar-refractivity contribution in [3.8, 4) is 0 Å². The van der Waals surface area contributed by atoms with Crippen LogP contribution in [0.3, 0.4) is 0 Å². The first-order valence-corrected chi connectivity index (χ1v) is 8.36. The number of nitrogens with zero attached hydrogens (tertiary/aromatic N) is 2. The average Bonchev–Trinajstić information content (AvgIpc) is 2.39. The molecule has 0 spiro atoms. The summed E-state index contributed by atoms with van der Waals surface area (Å²) in [5.74, 6) is -1.02. The normalized spacial score (nSPS) is 11.2. The molecule has 1 N–H and O–H groups in total. The van der Waals surface area contributed by atoms with Gasteiger partial charge in [0.15, 0.2) is 0 Å². The molecule has 6 nitrogen and oxygen atoms in total. The van der Waals surface area contributed by atoms with E-state index in [9.17, 15) is 13.2 Å². The number of aryl methyl sites for hydroxylation is 1. The predicted octanol–water partition coefficient (Wildman–Crippen LogP) is 2.11. The van der Waals surface area contributed by atoms with Crippen molar-refractivity contribution in [3.05, 3.63) is 53.9 Å². The number of rotatable bonds is 5. The maximum absolute atomic E-state index is 12.2. The van der Waals surface area contributed by atoms with Crippen LogP contribution >= 0.6 is 0 Å². The van der Waals surface area contributed by atoms with Gasteiger partial charge in [-0.2, -0.15) is 0 Å². The van der Waals surface area contributed by atoms with E-state index >= 15 is 0 Å². The van der Waals surface area contributed by atoms with Gasteiger partial charge in [-0.25, -0.2) is 12.7 Å². The molecule has 0 amide bonds. The number of aromatic nitrogens is 1. The van der Waals surface area contributed by atoms with Crippen LogP contribution < -0.4 is 4.31 Å². The van der Waals surface area contributed by atoms with Crippen LogP contribution in [0.4, 0.5) is 11.4 Å². The van der Waals surface area contributed by atoms with Crippen LogP contribution in [0.25, 0.3) is 0 Å². The van der Waals surface area contributed by atoms with Crippen molar-refractivity contribution < 1.29 is 18.3 Å². The quantitative estimate of drug-likeness (QED) is 0.911. The van der Waals surface area contributed by atoms with Gasteiger partial charge >= 0.3 is 5.97 Å². The molecule has 0 saturated heterocycles. The van der Waals surface area contributed by atoms with Crippen molar-refractivity contribution in [2.45, 2.75) is 13.3 Å². The van der Waals surface area contributed by atoms with E-state index < -0.39 is 16.0 Å². The molecule has 22 heavy (non-hydrogen) atoms. The minimum Gasteiger partial charge on any atom is -0.481 e. The molecule has 0 aliphatic heterocycles. The minimum atomic E-state index is -3.58. The van der Waals surface area contributed by atoms with Gasteiger partial charge in [-0.1, -0.05) is 18.2 Å². The van der Waals surface area contributed by atoms with Crippen molar-refractivity contribution in [2.24, 2.45) is 0 Å². The van der Waals surface area contributed by atoms with Crippen molar-refractivity contribution in [1.82, 2.24) is 4.98 Å². The molecule has 1 aromatic heterocycles. The summed E-state index contributed by atoms with van der Waals surface area (Å²) in [6.45, 7) is 1.81. The second-order valence-corrected chi connectivity index (χ2v) is 6.72. The zero-order chi connectivity index (χ0) is 16.3. The van der Waals surface area contributed by atoms with Crippen LogP contribution in [-0.2, 0) is 21.2 Å². The molecule has 0 fully saturated rings. The highest BCUT2D eigenvalue weighted by Crippen LogP contribution is 2.31. The molecule has 116 valence electrons. The van der Waals surface area contributed by atoms with Crippen LogP contribution in [0, 0.1) is 6.92 Å². The fourth-order valence-corrected chi connectivity index (χ4v) is 3.20. The third kappa shape index (κ3) is 3.62. The molecule has 0 atom stereocenters. The zero-order valence-electron chi connectivity index (χ0n) is 12.2. The lowest BCUT2D eigenvalue weighted by Crippen LogP contribution is -2.25. The first kappa shape index (κ1) is 16.0. The number of hydrogen-bond acceptors (Lipinski definition) is 4. The van der Waals surface area contributed by atoms with Gasteiger partial charge in [0, 0.05) is 6.20 Å². The molecule has 2 aromatic rings. The molecule has 0 bridgehead atoms. The SMILES string of the molecule is Cc1ccccc1N(c1ccnc(CC(=O)O)c1)S(C)(=O)=O. The Morgan fingerprint density at radius 3 is 2.55 bits per heavy atom. The fraction of sp³-hybridized carbons (Fsp3) is 0.200. The Kier molecular flexibility index (Phi) is 4.46. The van der Waals surface area contributed by atoms with Crippen molar-refractivity contribution in [1.29, 1.82) is 0 Å². The molecular formula is C15H16N2O4S. The van der Waals surface area contributed by atoms with E-state index in [4.69, 9.17) is 5.11 Å². The third-order valence-corrected chi connectivity index (χ3v) is 4.10. The van der Waals surface area contributed by atoms with Gasteiger partial charge in [-0.15, -0.1) is 0 Å². The molecular weight excluding hydrogens is 304 g/mol. The number of pyridine rings is 1. The summed E-state index contributed by atoms with van der Waals surface area (Å²) in [5, 5.41) is 8.85. The molecule has 0 unspecified atom stereocenters. The van der Waals surface area contributed by atoms with Crippen LogP contribution in [0.5, 0.6) is 0 Å². The molecule has 7 heteroatoms. The molecule has 0 aliphatic rings. The van der Waals surface area contributed by atoms with E-state index in [1.54, 1.807) is 18.2 Å². The summed E-state index contributed by atoms with van der Waals surface area (Å²) in [4.78, 5) is 14.8. The highest BCUT2D eigenvalue weighted by atomic mass is 32.2. The number of carboxylic acids is 1. The number of hydrogen-bond donors (Lipinski definition) is 1. The first-order chi connectivity index (χ1) is 10.3. The van der Waals surface area contributed by atoms with E-state index in [2.05, 4.69) is 4.98 Å². The number of anilines is 2. The largest absolute Gasteiger partial charge is 0.481 e. The van der Waals surface area contributed by atoms with Crippen LogP contribution in [0.1, 0.15) is 11.3 Å². The molecule has 0 radical (unpaired) electrons. The molecule has 1 aromatic carbocycles. The number of benzene rings is 1. The van der Waals surface area contributed by atoms with Gasteiger partial charge < -0.3 is 5.11 Å². The van der Waals surface area contributed by atoms with Crippen LogP contribution in [-0.4, -0.2) is 30.7 Å². The van der Waals surface area contributed by atoms with Gasteiger partial charge in [0.25, 0.3) is 0 Å². The number of sulfonamides is 1. The smallest absolute Gasteiger partial charge is 0.309 e. The van der Waals surface area contributed by atoms with E-state index in [0.29, 0.717) is 17.1 Å². The number of para-hydroxylation sites is 1. The van der Waals surface area contributed by atoms with E-state index in [1.165, 1.54) is 16.6 Å². The molecule has 0 saturated carbocycles. The van der Waals surface area contributed by atoms with Gasteiger partial charge in [-0.05, 0) is 30.7 Å². The lowest BCUT2D eigenvalue weighted by Gasteiger charge is -2.24. The van der Waals surface area contributed by atoms with Gasteiger partial charge in [0.1, 0.15) is 0 Å². The monoisotopic (exact) mass is 320 g/mol. The second-order valence-electron chi connectivity index (χ2n) is 4.89. The summed E-state index contributed by atoms with van der Waals surface area (Å²) in [5.41, 5.74) is 1.98. The van der Waals surface area contributed by atoms with Gasteiger partial charge in [-0.3, -0.25) is 9.78 Å². The second kappa shape index (κ2) is 6.15. The highest BCUT2D eigenvalue weighted by molar-refractivity contribution is 7.92. The molecule has 0 aliphatic carbocycles. The maximum Gasteiger partial charge on any atom is 0.309 e. The average molecular weight is 320 g/mol. The summed E-state index contributed by atoms with van der Waals surface area (Å²) in [7, 11) is -3.58. The van der Waals surface area contributed by atoms with Gasteiger partial charge in [0.2, 0.25) is 10.0 Å². The molecule has 2 rings (SSSR count). The van der Waals surface area contributed by atoms with Crippen molar-refractivity contribution >= 4 is 27.4 Å². The Labute approximate surface area is 129 Å². The number of aliphatic carboxylic acids is 1. The van der Waals surface area contributed by atoms with E-state index in [1.807, 2.05) is 19.1 Å². The Morgan fingerprint density at radius 1 is 1.27 bits per heavy atom. The Balaban J connectivity index is 2.57. The van der Waals surface area contributed by atoms with Crippen LogP contribution in [0.15, 0.2) is 42.6 Å². The predicted molar refractivity (Wildman–Crippen MR) is 83.7 cm³/mol. The van der Waals surface area contributed by atoms with Crippen molar-refractivity contribution in [2.75, 3.05) is 10.6 Å². The Morgan fingerprint density at radius 2 is 1.95 bits per heavy atom. The third-order valence-electron chi connectivity index (χ3n) is 3.03. The fourth-order valence-electron chi connectivity index (χ4n) is 2.14. The zero-order valence-corrected chi connectivity index (χ0v) is 13.0. The van der Waals surface area contributed by atoms with Gasteiger partial charge in [0.05, 0.1) is 29.7 Å². The van der Waals surface area contributed by atoms with E-state index in [0.717, 1.165) is 11.8 Å². The Bertz CT molecular complexity index is 803. The Hall–Kier alpha value is -2.41. The topological polar surface area (TPSA) is 87.6 Å². The minimum absolute atomic E-state index is 0.265. The maximum atomic E-state index is 12.2. The standard InChI is InChI=1S/C15H16N2O4S/c1-11-5-3-4-6-14(11)17(22(2,20)21)13-7-8-16-12(9-13)10-15(18)19/h3-9H,10H2,1-2H3,(H,18,19). The lowest BCUT2D eigenvalue weighted by molar-refractivity contribution is -0.136. The number of carbonyl (C=O) groups is 1. The number of carboxylic acid groups (broad SMARTS) is 1. The molecule has 1 heterocycles. The van der Waals surface area contributed by atoms with Crippen LogP contribution in [0.2, 0.25) is 0 Å². The van der Waals surface area contributed by atoms with E-state index in [-0.39, 0.29) is 6.42 Å². The van der Waals surface area contributed by atoms with Crippen molar-refractivity contribution in [3.63, 3.8) is 0 Å².